The van der Waals surface area contributed by atoms with E-state index in [1.54, 1.807) is 19.0 Å². The standard InChI is InChI=1S/C21H34N4O/c1-5-16(2)23-21(22-15-20(26)25(3)4)24-19-13-11-18(12-14-19)17-9-7-6-8-10-17/h6-10,16,18-19H,5,11-15H2,1-4H3,(H2,22,23,24). The average Bonchev–Trinajstić information content (AvgIpc) is 2.66. The summed E-state index contributed by atoms with van der Waals surface area (Å²) in [5.74, 6) is 1.44. The molecular weight excluding hydrogens is 324 g/mol. The lowest BCUT2D eigenvalue weighted by molar-refractivity contribution is -0.127. The number of likely N-dealkylation sites (N-methyl/N-ethyl adjacent to an activating group) is 1. The van der Waals surface area contributed by atoms with Gasteiger partial charge in [0.1, 0.15) is 6.54 Å². The maximum atomic E-state index is 11.9. The van der Waals surface area contributed by atoms with E-state index in [9.17, 15) is 4.79 Å². The number of carbonyl (C=O) groups is 1. The van der Waals surface area contributed by atoms with Crippen molar-refractivity contribution in [1.29, 1.82) is 0 Å². The van der Waals surface area contributed by atoms with Crippen molar-refractivity contribution in [2.45, 2.75) is 64.0 Å². The molecule has 1 aliphatic carbocycles. The fraction of sp³-hybridized carbons (Fsp3) is 0.619. The summed E-state index contributed by atoms with van der Waals surface area (Å²) in [6.45, 7) is 4.46. The first-order valence-corrected chi connectivity index (χ1v) is 9.82. The molecule has 1 amide bonds. The van der Waals surface area contributed by atoms with E-state index in [4.69, 9.17) is 0 Å². The Morgan fingerprint density at radius 1 is 1.19 bits per heavy atom. The Balaban J connectivity index is 1.91. The molecule has 0 aliphatic heterocycles. The number of nitrogens with one attached hydrogen (secondary N) is 2. The lowest BCUT2D eigenvalue weighted by Gasteiger charge is -2.31. The summed E-state index contributed by atoms with van der Waals surface area (Å²) in [5.41, 5.74) is 1.45. The van der Waals surface area contributed by atoms with Crippen LogP contribution in [-0.2, 0) is 4.79 Å². The Kier molecular flexibility index (Phi) is 7.95. The highest BCUT2D eigenvalue weighted by molar-refractivity contribution is 5.85. The number of aliphatic imine (C=N–C) groups is 1. The first-order valence-electron chi connectivity index (χ1n) is 9.82. The summed E-state index contributed by atoms with van der Waals surface area (Å²) in [6, 6.07) is 11.6. The van der Waals surface area contributed by atoms with E-state index < -0.39 is 0 Å². The maximum absolute atomic E-state index is 11.9. The molecule has 144 valence electrons. The fourth-order valence-electron chi connectivity index (χ4n) is 3.25. The van der Waals surface area contributed by atoms with Crippen molar-refractivity contribution in [3.05, 3.63) is 35.9 Å². The molecule has 0 aromatic heterocycles. The van der Waals surface area contributed by atoms with Crippen LogP contribution in [0.3, 0.4) is 0 Å². The summed E-state index contributed by atoms with van der Waals surface area (Å²) in [6.07, 6.45) is 5.65. The third-order valence-corrected chi connectivity index (χ3v) is 5.21. The summed E-state index contributed by atoms with van der Waals surface area (Å²) in [4.78, 5) is 17.9. The van der Waals surface area contributed by atoms with Gasteiger partial charge in [-0.1, -0.05) is 37.3 Å². The molecule has 1 aliphatic rings. The third-order valence-electron chi connectivity index (χ3n) is 5.21. The molecule has 0 saturated heterocycles. The molecule has 1 fully saturated rings. The van der Waals surface area contributed by atoms with Gasteiger partial charge < -0.3 is 15.5 Å². The normalized spacial score (nSPS) is 21.8. The van der Waals surface area contributed by atoms with Gasteiger partial charge in [0.2, 0.25) is 5.91 Å². The Morgan fingerprint density at radius 2 is 1.85 bits per heavy atom. The molecule has 1 saturated carbocycles. The number of guanidine groups is 1. The number of carbonyl (C=O) groups excluding carboxylic acids is 1. The van der Waals surface area contributed by atoms with Crippen LogP contribution in [-0.4, -0.2) is 49.5 Å². The zero-order valence-electron chi connectivity index (χ0n) is 16.7. The number of rotatable bonds is 6. The monoisotopic (exact) mass is 358 g/mol. The van der Waals surface area contributed by atoms with Gasteiger partial charge in [0, 0.05) is 26.2 Å². The summed E-state index contributed by atoms with van der Waals surface area (Å²) in [5, 5.41) is 6.97. The molecule has 1 aromatic carbocycles. The van der Waals surface area contributed by atoms with Crippen molar-refractivity contribution in [3.63, 3.8) is 0 Å². The first-order chi connectivity index (χ1) is 12.5. The number of nitrogens with zero attached hydrogens (tertiary/aromatic N) is 2. The van der Waals surface area contributed by atoms with Gasteiger partial charge >= 0.3 is 0 Å². The molecule has 0 heterocycles. The zero-order chi connectivity index (χ0) is 18.9. The molecule has 2 rings (SSSR count). The number of hydrogen-bond donors (Lipinski definition) is 2. The average molecular weight is 359 g/mol. The summed E-state index contributed by atoms with van der Waals surface area (Å²) >= 11 is 0. The molecule has 5 heteroatoms. The Morgan fingerprint density at radius 3 is 2.42 bits per heavy atom. The summed E-state index contributed by atoms with van der Waals surface area (Å²) in [7, 11) is 3.52. The van der Waals surface area contributed by atoms with Gasteiger partial charge in [-0.25, -0.2) is 4.99 Å². The van der Waals surface area contributed by atoms with Gasteiger partial charge in [-0.3, -0.25) is 4.79 Å². The topological polar surface area (TPSA) is 56.7 Å². The molecule has 1 atom stereocenters. The molecule has 2 N–H and O–H groups in total. The van der Waals surface area contributed by atoms with E-state index in [1.165, 1.54) is 18.4 Å². The van der Waals surface area contributed by atoms with Gasteiger partial charge in [0.15, 0.2) is 5.96 Å². The smallest absolute Gasteiger partial charge is 0.243 e. The van der Waals surface area contributed by atoms with Crippen LogP contribution in [0, 0.1) is 0 Å². The van der Waals surface area contributed by atoms with Crippen molar-refractivity contribution in [2.24, 2.45) is 4.99 Å². The highest BCUT2D eigenvalue weighted by Crippen LogP contribution is 2.32. The van der Waals surface area contributed by atoms with E-state index in [2.05, 4.69) is 59.8 Å². The zero-order valence-corrected chi connectivity index (χ0v) is 16.7. The first kappa shape index (κ1) is 20.3. The minimum atomic E-state index is 0.0167. The van der Waals surface area contributed by atoms with Crippen molar-refractivity contribution < 1.29 is 4.79 Å². The van der Waals surface area contributed by atoms with Gasteiger partial charge in [-0.15, -0.1) is 0 Å². The van der Waals surface area contributed by atoms with Crippen molar-refractivity contribution in [3.8, 4) is 0 Å². The minimum absolute atomic E-state index is 0.0167. The van der Waals surface area contributed by atoms with Crippen LogP contribution in [0.2, 0.25) is 0 Å². The lowest BCUT2D eigenvalue weighted by atomic mass is 9.82. The van der Waals surface area contributed by atoms with E-state index in [0.717, 1.165) is 25.2 Å². The summed E-state index contributed by atoms with van der Waals surface area (Å²) < 4.78 is 0. The predicted octanol–water partition coefficient (Wildman–Crippen LogP) is 3.13. The third kappa shape index (κ3) is 6.36. The second-order valence-corrected chi connectivity index (χ2v) is 7.51. The number of hydrogen-bond acceptors (Lipinski definition) is 2. The molecular formula is C21H34N4O. The Bertz CT molecular complexity index is 577. The maximum Gasteiger partial charge on any atom is 0.243 e. The van der Waals surface area contributed by atoms with Crippen LogP contribution in [0.4, 0.5) is 0 Å². The van der Waals surface area contributed by atoms with Crippen LogP contribution in [0.5, 0.6) is 0 Å². The van der Waals surface area contributed by atoms with Crippen LogP contribution < -0.4 is 10.6 Å². The fourth-order valence-corrected chi connectivity index (χ4v) is 3.25. The quantitative estimate of drug-likeness (QED) is 0.607. The van der Waals surface area contributed by atoms with Crippen molar-refractivity contribution >= 4 is 11.9 Å². The van der Waals surface area contributed by atoms with Gasteiger partial charge in [0.05, 0.1) is 0 Å². The van der Waals surface area contributed by atoms with Gasteiger partial charge in [-0.05, 0) is 50.5 Å². The molecule has 26 heavy (non-hydrogen) atoms. The van der Waals surface area contributed by atoms with E-state index in [0.29, 0.717) is 18.0 Å². The lowest BCUT2D eigenvalue weighted by Crippen LogP contribution is -2.48. The largest absolute Gasteiger partial charge is 0.354 e. The molecule has 0 spiro atoms. The van der Waals surface area contributed by atoms with E-state index >= 15 is 0 Å². The Labute approximate surface area is 158 Å². The van der Waals surface area contributed by atoms with Gasteiger partial charge in [-0.2, -0.15) is 0 Å². The Hall–Kier alpha value is -2.04. The predicted molar refractivity (Wildman–Crippen MR) is 108 cm³/mol. The minimum Gasteiger partial charge on any atom is -0.354 e. The van der Waals surface area contributed by atoms with Gasteiger partial charge in [0.25, 0.3) is 0 Å². The van der Waals surface area contributed by atoms with E-state index in [-0.39, 0.29) is 12.5 Å². The van der Waals surface area contributed by atoms with Crippen molar-refractivity contribution in [1.82, 2.24) is 15.5 Å². The number of benzene rings is 1. The van der Waals surface area contributed by atoms with Crippen LogP contribution >= 0.6 is 0 Å². The van der Waals surface area contributed by atoms with Crippen LogP contribution in [0.25, 0.3) is 0 Å². The van der Waals surface area contributed by atoms with Crippen molar-refractivity contribution in [2.75, 3.05) is 20.6 Å². The van der Waals surface area contributed by atoms with Crippen LogP contribution in [0.15, 0.2) is 35.3 Å². The molecule has 5 nitrogen and oxygen atoms in total. The highest BCUT2D eigenvalue weighted by Gasteiger charge is 2.23. The molecule has 1 aromatic rings. The second kappa shape index (κ2) is 10.2. The SMILES string of the molecule is CCC(C)NC(=NCC(=O)N(C)C)NC1CCC(c2ccccc2)CC1. The van der Waals surface area contributed by atoms with E-state index in [1.807, 2.05) is 0 Å². The van der Waals surface area contributed by atoms with Crippen LogP contribution in [0.1, 0.15) is 57.4 Å². The highest BCUT2D eigenvalue weighted by atomic mass is 16.2. The molecule has 0 radical (unpaired) electrons. The molecule has 0 bridgehead atoms. The second-order valence-electron chi connectivity index (χ2n) is 7.51. The molecule has 1 unspecified atom stereocenters. The number of amides is 1.